The van der Waals surface area contributed by atoms with Gasteiger partial charge >= 0.3 is 6.03 Å². The van der Waals surface area contributed by atoms with Gasteiger partial charge in [-0.1, -0.05) is 55.8 Å². The number of rotatable bonds is 14. The van der Waals surface area contributed by atoms with Gasteiger partial charge in [0.05, 0.1) is 22.6 Å². The Bertz CT molecular complexity index is 3080. The van der Waals surface area contributed by atoms with Crippen molar-refractivity contribution in [3.63, 3.8) is 0 Å². The van der Waals surface area contributed by atoms with Crippen LogP contribution in [0, 0.1) is 41.0 Å². The number of aliphatic hydroxyl groups is 1. The van der Waals surface area contributed by atoms with Crippen LogP contribution in [0.3, 0.4) is 0 Å². The van der Waals surface area contributed by atoms with Crippen LogP contribution >= 0.6 is 11.6 Å². The summed E-state index contributed by atoms with van der Waals surface area (Å²) in [5.74, 6) is -5.01. The molecule has 15 nitrogen and oxygen atoms in total. The lowest BCUT2D eigenvalue weighted by Gasteiger charge is -2.41. The minimum Gasteiger partial charge on any atom is -0.488 e. The fourth-order valence-corrected chi connectivity index (χ4v) is 13.0. The number of primary amides is 1. The monoisotopic (exact) mass is 1070 g/mol. The number of anilines is 1. The second-order valence-electron chi connectivity index (χ2n) is 21.3. The predicted octanol–water partition coefficient (Wildman–Crippen LogP) is 8.27. The molecule has 5 aliphatic rings. The molecule has 1 aliphatic carbocycles. The summed E-state index contributed by atoms with van der Waals surface area (Å²) in [5, 5.41) is 19.5. The van der Waals surface area contributed by atoms with Crippen molar-refractivity contribution < 1.29 is 51.3 Å². The average Bonchev–Trinajstić information content (AvgIpc) is 3.88. The van der Waals surface area contributed by atoms with E-state index in [1.165, 1.54) is 33.8 Å². The number of piperidine rings is 2. The molecular formula is C56H63ClF4N8O7. The van der Waals surface area contributed by atoms with Gasteiger partial charge in [-0.25, -0.2) is 22.4 Å². The van der Waals surface area contributed by atoms with Crippen molar-refractivity contribution in [2.45, 2.75) is 88.7 Å². The fraction of sp³-hybridized carbons (Fsp3) is 0.482. The third-order valence-corrected chi connectivity index (χ3v) is 17.2. The van der Waals surface area contributed by atoms with Crippen LogP contribution in [0.2, 0.25) is 5.02 Å². The number of nitrogens with zero attached hydrogens (tertiary/aromatic N) is 5. The van der Waals surface area contributed by atoms with E-state index in [9.17, 15) is 24.3 Å². The summed E-state index contributed by atoms with van der Waals surface area (Å²) in [5.41, 5.74) is 5.31. The van der Waals surface area contributed by atoms with Gasteiger partial charge in [0.15, 0.2) is 28.8 Å². The molecule has 4 fully saturated rings. The van der Waals surface area contributed by atoms with Crippen LogP contribution in [0.4, 0.5) is 28.2 Å². The van der Waals surface area contributed by atoms with Crippen molar-refractivity contribution in [2.24, 2.45) is 30.5 Å². The number of amides is 5. The van der Waals surface area contributed by atoms with Gasteiger partial charge in [0.1, 0.15) is 29.5 Å². The number of carbonyl (C=O) groups is 4. The molecule has 0 unspecified atom stereocenters. The van der Waals surface area contributed by atoms with E-state index in [1.807, 2.05) is 42.2 Å². The second kappa shape index (κ2) is 21.6. The van der Waals surface area contributed by atoms with E-state index < -0.39 is 64.3 Å². The molecule has 5 heterocycles. The van der Waals surface area contributed by atoms with Crippen molar-refractivity contribution in [1.29, 1.82) is 0 Å². The highest BCUT2D eigenvalue weighted by Gasteiger charge is 2.51. The smallest absolute Gasteiger partial charge is 0.329 e. The molecule has 4 aliphatic heterocycles. The molecule has 5 atom stereocenters. The van der Waals surface area contributed by atoms with Crippen LogP contribution in [-0.2, 0) is 22.2 Å². The Kier molecular flexibility index (Phi) is 15.1. The highest BCUT2D eigenvalue weighted by molar-refractivity contribution is 6.34. The van der Waals surface area contributed by atoms with Gasteiger partial charge in [0.25, 0.3) is 0 Å². The van der Waals surface area contributed by atoms with E-state index >= 15 is 17.6 Å². The number of hydrogen-bond acceptors (Lipinski definition) is 10. The number of nitrogens with one attached hydrogen (secondary N) is 2. The molecule has 0 spiro atoms. The van der Waals surface area contributed by atoms with Crippen LogP contribution < -0.4 is 30.7 Å². The number of ether oxygens (including phenoxy) is 2. The van der Waals surface area contributed by atoms with Gasteiger partial charge < -0.3 is 35.4 Å². The van der Waals surface area contributed by atoms with E-state index in [-0.39, 0.29) is 106 Å². The number of hydrogen-bond donors (Lipinski definition) is 4. The molecule has 404 valence electrons. The zero-order chi connectivity index (χ0) is 53.7. The molecule has 5 amide bonds. The number of nitrogens with two attached hydrogens (primary N) is 1. The topological polar surface area (TPSA) is 185 Å². The molecule has 3 saturated heterocycles. The lowest BCUT2D eigenvalue weighted by atomic mass is 9.75. The highest BCUT2D eigenvalue weighted by atomic mass is 35.5. The first kappa shape index (κ1) is 53.1. The third-order valence-electron chi connectivity index (χ3n) is 16.8. The molecular weight excluding hydrogens is 1010 g/mol. The average molecular weight is 1070 g/mol. The number of urea groups is 1. The highest BCUT2D eigenvalue weighted by Crippen LogP contribution is 2.57. The lowest BCUT2D eigenvalue weighted by molar-refractivity contribution is -0.138. The van der Waals surface area contributed by atoms with Gasteiger partial charge in [0.2, 0.25) is 17.7 Å². The largest absolute Gasteiger partial charge is 0.488 e. The molecule has 5 N–H and O–H groups in total. The molecule has 0 radical (unpaired) electrons. The molecule has 0 bridgehead atoms. The number of fused-ring (bicyclic) bond motifs is 2. The van der Waals surface area contributed by atoms with Crippen molar-refractivity contribution >= 4 is 52.1 Å². The molecule has 5 aromatic rings. The minimum absolute atomic E-state index is 0.000155. The number of carbonyl (C=O) groups excluding carboxylic acids is 4. The molecule has 20 heteroatoms. The fourth-order valence-electron chi connectivity index (χ4n) is 12.8. The van der Waals surface area contributed by atoms with E-state index in [0.29, 0.717) is 63.3 Å². The number of likely N-dealkylation sites (tertiary alicyclic amines) is 2. The number of imide groups is 1. The molecule has 76 heavy (non-hydrogen) atoms. The second-order valence-corrected chi connectivity index (χ2v) is 21.7. The minimum atomic E-state index is -1.15. The summed E-state index contributed by atoms with van der Waals surface area (Å²) in [6.07, 6.45) is 5.04. The van der Waals surface area contributed by atoms with E-state index in [4.69, 9.17) is 26.8 Å². The van der Waals surface area contributed by atoms with Gasteiger partial charge in [-0.2, -0.15) is 5.10 Å². The van der Waals surface area contributed by atoms with E-state index in [2.05, 4.69) is 27.6 Å². The maximum atomic E-state index is 16.5. The quantitative estimate of drug-likeness (QED) is 0.0790. The summed E-state index contributed by atoms with van der Waals surface area (Å²) in [4.78, 5) is 56.8. The summed E-state index contributed by atoms with van der Waals surface area (Å²) >= 11 is 6.74. The maximum absolute atomic E-state index is 16.5. The Morgan fingerprint density at radius 2 is 1.66 bits per heavy atom. The summed E-state index contributed by atoms with van der Waals surface area (Å²) in [6, 6.07) is 13.8. The van der Waals surface area contributed by atoms with Crippen LogP contribution in [0.5, 0.6) is 11.5 Å². The Morgan fingerprint density at radius 3 is 2.34 bits per heavy atom. The van der Waals surface area contributed by atoms with Crippen LogP contribution in [0.25, 0.3) is 22.0 Å². The van der Waals surface area contributed by atoms with Gasteiger partial charge in [0, 0.05) is 92.4 Å². The van der Waals surface area contributed by atoms with Crippen LogP contribution in [-0.4, -0.2) is 114 Å². The van der Waals surface area contributed by atoms with E-state index in [0.717, 1.165) is 31.4 Å². The Hall–Kier alpha value is -6.28. The number of aliphatic hydroxyl groups excluding tert-OH is 1. The number of aromatic nitrogens is 2. The molecule has 1 aromatic heterocycles. The molecule has 1 saturated carbocycles. The van der Waals surface area contributed by atoms with Crippen LogP contribution in [0.15, 0.2) is 54.6 Å². The first-order valence-corrected chi connectivity index (χ1v) is 26.7. The van der Waals surface area contributed by atoms with Crippen molar-refractivity contribution in [2.75, 3.05) is 63.9 Å². The number of halogens is 5. The third kappa shape index (κ3) is 9.76. The van der Waals surface area contributed by atoms with Gasteiger partial charge in [-0.05, 0) is 99.6 Å². The van der Waals surface area contributed by atoms with Crippen molar-refractivity contribution in [1.82, 2.24) is 30.2 Å². The summed E-state index contributed by atoms with van der Waals surface area (Å²) in [6.45, 7) is 7.27. The predicted molar refractivity (Wildman–Crippen MR) is 277 cm³/mol. The SMILES string of the molecule is C[C@@H]1C[C@H](C(=O)N2CCC(CN3CCC(c4c(F)cc5c(N6CCC(=O)NC6=O)nn(C)c5c4F)CC3)CC2)CC[C@H]1NC[C@]1(c2ccccc2)Oc2cc(F)c(Cl)c(-c3c(C(N)=O)ccc(OCCO)c3F)c2[C@@H]1C. The van der Waals surface area contributed by atoms with Gasteiger partial charge in [-0.15, -0.1) is 0 Å². The Labute approximate surface area is 443 Å². The van der Waals surface area contributed by atoms with Gasteiger partial charge in [-0.3, -0.25) is 29.3 Å². The van der Waals surface area contributed by atoms with Crippen molar-refractivity contribution in [3.05, 3.63) is 105 Å². The Balaban J connectivity index is 0.751. The number of benzene rings is 4. The molecule has 10 rings (SSSR count). The van der Waals surface area contributed by atoms with Crippen LogP contribution in [0.1, 0.15) is 104 Å². The summed E-state index contributed by atoms with van der Waals surface area (Å²) < 4.78 is 78.2. The zero-order valence-corrected chi connectivity index (χ0v) is 43.5. The normalized spacial score (nSPS) is 23.7. The summed E-state index contributed by atoms with van der Waals surface area (Å²) in [7, 11) is 1.56. The van der Waals surface area contributed by atoms with E-state index in [1.54, 1.807) is 7.05 Å². The lowest BCUT2D eigenvalue weighted by Crippen LogP contribution is -2.51. The Morgan fingerprint density at radius 1 is 0.921 bits per heavy atom. The number of aryl methyl sites for hydroxylation is 1. The maximum Gasteiger partial charge on any atom is 0.329 e. The first-order chi connectivity index (χ1) is 36.5. The first-order valence-electron chi connectivity index (χ1n) is 26.3. The standard InChI is InChI=1S/C56H63ClF4N8O7/c1-30-25-34(54(73)68-20-13-32(14-21-68)28-67-18-15-33(16-19-67)45-38(58)26-37-51(50(45)61)66(3)65-53(37)69-22-17-43(71)64-55(69)74)9-11-40(30)63-29-56(35-7-5-4-6-8-35)31(2)44-42(76-56)27-39(59)48(57)47(44)46-36(52(62)72)10-12-41(49(46)60)75-24-23-70/h4-8,10,12,26-27,30-34,40,63,70H,9,11,13-25,28-29H2,1-3H3,(H2,62,72)(H,64,71,74)/t30-,31+,34-,40-,56+/m1/s1. The zero-order valence-electron chi connectivity index (χ0n) is 42.8. The molecule has 4 aromatic carbocycles. The van der Waals surface area contributed by atoms with Crippen molar-refractivity contribution in [3.8, 4) is 22.6 Å².